The molecule has 2 aliphatic heterocycles. The SMILES string of the molecule is CCC1(O)CN(CC(=O)N2C(C)CCCC2C)C1. The molecule has 2 rings (SSSR count). The molecule has 1 amide bonds. The van der Waals surface area contributed by atoms with E-state index in [2.05, 4.69) is 18.7 Å². The fourth-order valence-corrected chi connectivity index (χ4v) is 3.31. The zero-order chi connectivity index (χ0) is 13.3. The molecule has 0 saturated carbocycles. The quantitative estimate of drug-likeness (QED) is 0.824. The van der Waals surface area contributed by atoms with Gasteiger partial charge in [0.1, 0.15) is 0 Å². The maximum atomic E-state index is 12.3. The van der Waals surface area contributed by atoms with Crippen LogP contribution in [0.25, 0.3) is 0 Å². The van der Waals surface area contributed by atoms with Crippen LogP contribution in [0.5, 0.6) is 0 Å². The average molecular weight is 254 g/mol. The van der Waals surface area contributed by atoms with E-state index in [0.29, 0.717) is 31.7 Å². The lowest BCUT2D eigenvalue weighted by Crippen LogP contribution is -2.64. The monoisotopic (exact) mass is 254 g/mol. The first-order valence-electron chi connectivity index (χ1n) is 7.21. The maximum Gasteiger partial charge on any atom is 0.237 e. The second kappa shape index (κ2) is 5.17. The van der Waals surface area contributed by atoms with Gasteiger partial charge in [-0.05, 0) is 39.5 Å². The molecular weight excluding hydrogens is 228 g/mol. The lowest BCUT2D eigenvalue weighted by atomic mass is 9.91. The number of piperidine rings is 1. The Kier molecular flexibility index (Phi) is 3.97. The van der Waals surface area contributed by atoms with Crippen LogP contribution < -0.4 is 0 Å². The van der Waals surface area contributed by atoms with Crippen molar-refractivity contribution in [3.63, 3.8) is 0 Å². The molecule has 0 aliphatic carbocycles. The van der Waals surface area contributed by atoms with Gasteiger partial charge in [0.2, 0.25) is 5.91 Å². The zero-order valence-corrected chi connectivity index (χ0v) is 11.9. The van der Waals surface area contributed by atoms with Crippen molar-refractivity contribution in [1.82, 2.24) is 9.80 Å². The van der Waals surface area contributed by atoms with E-state index in [9.17, 15) is 9.90 Å². The minimum atomic E-state index is -0.542. The van der Waals surface area contributed by atoms with Gasteiger partial charge in [0.15, 0.2) is 0 Å². The minimum Gasteiger partial charge on any atom is -0.387 e. The molecule has 0 aromatic heterocycles. The van der Waals surface area contributed by atoms with Crippen molar-refractivity contribution >= 4 is 5.91 Å². The van der Waals surface area contributed by atoms with Crippen LogP contribution in [0, 0.1) is 0 Å². The summed E-state index contributed by atoms with van der Waals surface area (Å²) in [4.78, 5) is 16.4. The van der Waals surface area contributed by atoms with Crippen LogP contribution >= 0.6 is 0 Å². The fourth-order valence-electron chi connectivity index (χ4n) is 3.31. The molecule has 0 spiro atoms. The lowest BCUT2D eigenvalue weighted by molar-refractivity contribution is -0.147. The Labute approximate surface area is 110 Å². The third-order valence-electron chi connectivity index (χ3n) is 4.53. The Morgan fingerprint density at radius 2 is 1.83 bits per heavy atom. The number of hydrogen-bond acceptors (Lipinski definition) is 3. The molecule has 0 aromatic carbocycles. The van der Waals surface area contributed by atoms with Crippen LogP contribution in [-0.4, -0.2) is 58.1 Å². The summed E-state index contributed by atoms with van der Waals surface area (Å²) in [7, 11) is 0. The van der Waals surface area contributed by atoms with Crippen molar-refractivity contribution in [3.8, 4) is 0 Å². The van der Waals surface area contributed by atoms with E-state index in [1.165, 1.54) is 6.42 Å². The summed E-state index contributed by atoms with van der Waals surface area (Å²) < 4.78 is 0. The van der Waals surface area contributed by atoms with Crippen LogP contribution in [0.4, 0.5) is 0 Å². The standard InChI is InChI=1S/C14H26N2O2/c1-4-14(18)9-15(10-14)8-13(17)16-11(2)6-5-7-12(16)3/h11-12,18H,4-10H2,1-3H3. The highest BCUT2D eigenvalue weighted by atomic mass is 16.3. The number of rotatable bonds is 3. The first-order valence-corrected chi connectivity index (χ1v) is 7.21. The molecular formula is C14H26N2O2. The summed E-state index contributed by atoms with van der Waals surface area (Å²) in [5, 5.41) is 9.95. The molecule has 2 unspecified atom stereocenters. The van der Waals surface area contributed by atoms with Crippen LogP contribution in [0.3, 0.4) is 0 Å². The molecule has 0 aromatic rings. The van der Waals surface area contributed by atoms with Gasteiger partial charge in [-0.2, -0.15) is 0 Å². The Morgan fingerprint density at radius 3 is 2.33 bits per heavy atom. The largest absolute Gasteiger partial charge is 0.387 e. The van der Waals surface area contributed by atoms with Gasteiger partial charge >= 0.3 is 0 Å². The number of β-amino-alcohol motifs (C(OH)–C–C–N with tert-alkyl or cyclic N) is 1. The number of carbonyl (C=O) groups is 1. The molecule has 2 atom stereocenters. The maximum absolute atomic E-state index is 12.3. The van der Waals surface area contributed by atoms with E-state index in [0.717, 1.165) is 19.3 Å². The normalized spacial score (nSPS) is 32.1. The predicted octanol–water partition coefficient (Wildman–Crippen LogP) is 1.23. The van der Waals surface area contributed by atoms with Crippen LogP contribution in [0.1, 0.15) is 46.5 Å². The van der Waals surface area contributed by atoms with E-state index in [1.807, 2.05) is 11.8 Å². The van der Waals surface area contributed by atoms with Crippen molar-refractivity contribution in [3.05, 3.63) is 0 Å². The van der Waals surface area contributed by atoms with Crippen LogP contribution in [0.15, 0.2) is 0 Å². The number of carbonyl (C=O) groups excluding carboxylic acids is 1. The summed E-state index contributed by atoms with van der Waals surface area (Å²) in [5.41, 5.74) is -0.542. The van der Waals surface area contributed by atoms with Gasteiger partial charge in [-0.15, -0.1) is 0 Å². The topological polar surface area (TPSA) is 43.8 Å². The first-order chi connectivity index (χ1) is 8.45. The molecule has 0 radical (unpaired) electrons. The Bertz CT molecular complexity index is 303. The summed E-state index contributed by atoms with van der Waals surface area (Å²) in [5.74, 6) is 0.229. The van der Waals surface area contributed by atoms with Gasteiger partial charge in [-0.1, -0.05) is 6.92 Å². The van der Waals surface area contributed by atoms with Gasteiger partial charge in [0.25, 0.3) is 0 Å². The molecule has 2 aliphatic rings. The number of aliphatic hydroxyl groups is 1. The highest BCUT2D eigenvalue weighted by Crippen LogP contribution is 2.26. The smallest absolute Gasteiger partial charge is 0.237 e. The molecule has 2 fully saturated rings. The zero-order valence-electron chi connectivity index (χ0n) is 11.9. The lowest BCUT2D eigenvalue weighted by Gasteiger charge is -2.47. The molecule has 2 heterocycles. The van der Waals surface area contributed by atoms with Crippen molar-refractivity contribution < 1.29 is 9.90 Å². The molecule has 2 saturated heterocycles. The van der Waals surface area contributed by atoms with Crippen LogP contribution in [0.2, 0.25) is 0 Å². The van der Waals surface area contributed by atoms with Gasteiger partial charge in [-0.25, -0.2) is 0 Å². The molecule has 104 valence electrons. The summed E-state index contributed by atoms with van der Waals surface area (Å²) in [6, 6.07) is 0.736. The number of likely N-dealkylation sites (tertiary alicyclic amines) is 2. The van der Waals surface area contributed by atoms with Crippen molar-refractivity contribution in [2.75, 3.05) is 19.6 Å². The van der Waals surface area contributed by atoms with Gasteiger partial charge in [0, 0.05) is 25.2 Å². The van der Waals surface area contributed by atoms with Crippen LogP contribution in [-0.2, 0) is 4.79 Å². The Balaban J connectivity index is 1.85. The third-order valence-corrected chi connectivity index (χ3v) is 4.53. The van der Waals surface area contributed by atoms with Gasteiger partial charge in [-0.3, -0.25) is 9.69 Å². The van der Waals surface area contributed by atoms with Crippen molar-refractivity contribution in [2.24, 2.45) is 0 Å². The number of amides is 1. The molecule has 0 bridgehead atoms. The molecule has 4 nitrogen and oxygen atoms in total. The Morgan fingerprint density at radius 1 is 1.28 bits per heavy atom. The first kappa shape index (κ1) is 13.8. The summed E-state index contributed by atoms with van der Waals surface area (Å²) in [6.07, 6.45) is 4.24. The third kappa shape index (κ3) is 2.69. The summed E-state index contributed by atoms with van der Waals surface area (Å²) >= 11 is 0. The minimum absolute atomic E-state index is 0.229. The molecule has 1 N–H and O–H groups in total. The number of nitrogens with zero attached hydrogens (tertiary/aromatic N) is 2. The van der Waals surface area contributed by atoms with E-state index >= 15 is 0 Å². The molecule has 18 heavy (non-hydrogen) atoms. The Hall–Kier alpha value is -0.610. The van der Waals surface area contributed by atoms with E-state index < -0.39 is 5.60 Å². The van der Waals surface area contributed by atoms with E-state index in [1.54, 1.807) is 0 Å². The second-order valence-corrected chi connectivity index (χ2v) is 6.15. The highest BCUT2D eigenvalue weighted by Gasteiger charge is 2.41. The van der Waals surface area contributed by atoms with E-state index in [-0.39, 0.29) is 5.91 Å². The summed E-state index contributed by atoms with van der Waals surface area (Å²) in [6.45, 7) is 8.04. The van der Waals surface area contributed by atoms with Crippen molar-refractivity contribution in [2.45, 2.75) is 64.1 Å². The van der Waals surface area contributed by atoms with Crippen molar-refractivity contribution in [1.29, 1.82) is 0 Å². The fraction of sp³-hybridized carbons (Fsp3) is 0.929. The predicted molar refractivity (Wildman–Crippen MR) is 71.3 cm³/mol. The number of hydrogen-bond donors (Lipinski definition) is 1. The highest BCUT2D eigenvalue weighted by molar-refractivity contribution is 5.79. The second-order valence-electron chi connectivity index (χ2n) is 6.15. The van der Waals surface area contributed by atoms with Gasteiger partial charge < -0.3 is 10.0 Å². The van der Waals surface area contributed by atoms with E-state index in [4.69, 9.17) is 0 Å². The molecule has 4 heteroatoms. The average Bonchev–Trinajstić information content (AvgIpc) is 2.26. The van der Waals surface area contributed by atoms with Gasteiger partial charge in [0.05, 0.1) is 12.1 Å².